The Bertz CT molecular complexity index is 940. The zero-order chi connectivity index (χ0) is 27.0. The zero-order valence-electron chi connectivity index (χ0n) is 22.2. The van der Waals surface area contributed by atoms with E-state index in [1.54, 1.807) is 11.8 Å². The Morgan fingerprint density at radius 2 is 1.32 bits per heavy atom. The van der Waals surface area contributed by atoms with Gasteiger partial charge in [0.25, 0.3) is 0 Å². The number of rotatable bonds is 15. The number of hydrogen-bond acceptors (Lipinski definition) is 8. The molecule has 37 heavy (non-hydrogen) atoms. The van der Waals surface area contributed by atoms with E-state index in [9.17, 15) is 9.59 Å². The highest BCUT2D eigenvalue weighted by Gasteiger charge is 2.18. The van der Waals surface area contributed by atoms with Crippen molar-refractivity contribution in [2.75, 3.05) is 72.5 Å². The second-order valence-corrected chi connectivity index (χ2v) is 10.6. The fourth-order valence-corrected chi connectivity index (χ4v) is 4.53. The topological polar surface area (TPSA) is 83.1 Å². The third-order valence-corrected chi connectivity index (χ3v) is 6.94. The largest absolute Gasteiger partial charge is 0.445 e. The number of carbonyl (C=O) groups excluding carboxylic acids is 2. The molecule has 0 saturated carbocycles. The van der Waals surface area contributed by atoms with E-state index in [4.69, 9.17) is 9.47 Å². The number of nitrogens with one attached hydrogen (secondary N) is 2. The number of unbranched alkanes of at least 4 members (excludes halogenated alkanes) is 3. The Morgan fingerprint density at radius 3 is 1.84 bits per heavy atom. The molecule has 10 heteroatoms. The Labute approximate surface area is 230 Å². The van der Waals surface area contributed by atoms with E-state index in [0.29, 0.717) is 17.1 Å². The van der Waals surface area contributed by atoms with Crippen LogP contribution in [0.2, 0.25) is 0 Å². The average Bonchev–Trinajstić information content (AvgIpc) is 2.87. The lowest BCUT2D eigenvalue weighted by Crippen LogP contribution is -2.30. The highest BCUT2D eigenvalue weighted by atomic mass is 32.2. The van der Waals surface area contributed by atoms with Crippen LogP contribution in [0.3, 0.4) is 0 Å². The van der Waals surface area contributed by atoms with Crippen molar-refractivity contribution in [1.82, 2.24) is 0 Å². The first kappa shape index (κ1) is 30.5. The third kappa shape index (κ3) is 12.4. The quantitative estimate of drug-likeness (QED) is 0.180. The first-order valence-electron chi connectivity index (χ1n) is 12.4. The molecule has 204 valence electrons. The maximum atomic E-state index is 12.6. The van der Waals surface area contributed by atoms with Crippen molar-refractivity contribution in [3.05, 3.63) is 48.5 Å². The summed E-state index contributed by atoms with van der Waals surface area (Å²) in [5.41, 5.74) is 3.31. The van der Waals surface area contributed by atoms with Crippen LogP contribution in [0.25, 0.3) is 0 Å². The molecule has 0 aromatic heterocycles. The second-order valence-electron chi connectivity index (χ2n) is 8.97. The monoisotopic (exact) mass is 548 g/mol. The standard InChI is InChI=1S/C27H40N4O4S2/c1-30(2)23-13-9-21(10-14-23)28-26(32)34-19-25(20-37-18-8-6-5-7-17-36)35-27(33)29-22-11-15-24(16-12-22)31(3)4/h9-16,25,36H,5-8,17-20H2,1-4H3,(H,28,32)(H,29,33). The molecule has 0 aliphatic rings. The van der Waals surface area contributed by atoms with Gasteiger partial charge in [-0.2, -0.15) is 24.4 Å². The molecule has 0 aliphatic heterocycles. The number of anilines is 4. The molecular weight excluding hydrogens is 508 g/mol. The van der Waals surface area contributed by atoms with Gasteiger partial charge in [-0.1, -0.05) is 12.8 Å². The second kappa shape index (κ2) is 16.9. The summed E-state index contributed by atoms with van der Waals surface area (Å²) in [6.07, 6.45) is 2.76. The van der Waals surface area contributed by atoms with Crippen molar-refractivity contribution in [1.29, 1.82) is 0 Å². The van der Waals surface area contributed by atoms with Crippen LogP contribution in [0.15, 0.2) is 48.5 Å². The molecule has 2 amide bonds. The zero-order valence-corrected chi connectivity index (χ0v) is 23.9. The van der Waals surface area contributed by atoms with Crippen LogP contribution in [0.1, 0.15) is 25.7 Å². The molecule has 0 spiro atoms. The number of benzene rings is 2. The van der Waals surface area contributed by atoms with E-state index in [1.807, 2.05) is 86.5 Å². The van der Waals surface area contributed by atoms with Crippen molar-refractivity contribution in [3.8, 4) is 0 Å². The average molecular weight is 549 g/mol. The number of amides is 2. The number of nitrogens with zero attached hydrogens (tertiary/aromatic N) is 2. The molecule has 2 N–H and O–H groups in total. The molecule has 2 rings (SSSR count). The van der Waals surface area contributed by atoms with E-state index in [2.05, 4.69) is 23.3 Å². The summed E-state index contributed by atoms with van der Waals surface area (Å²) in [6.45, 7) is -0.0404. The van der Waals surface area contributed by atoms with Gasteiger partial charge in [-0.25, -0.2) is 9.59 Å². The molecule has 1 unspecified atom stereocenters. The van der Waals surface area contributed by atoms with Crippen LogP contribution in [-0.2, 0) is 9.47 Å². The van der Waals surface area contributed by atoms with E-state index >= 15 is 0 Å². The Morgan fingerprint density at radius 1 is 0.811 bits per heavy atom. The van der Waals surface area contributed by atoms with Crippen LogP contribution in [0.4, 0.5) is 32.3 Å². The minimum Gasteiger partial charge on any atom is -0.445 e. The number of thioether (sulfide) groups is 1. The Hall–Kier alpha value is -2.72. The van der Waals surface area contributed by atoms with Gasteiger partial charge < -0.3 is 19.3 Å². The molecule has 0 fully saturated rings. The van der Waals surface area contributed by atoms with E-state index < -0.39 is 18.3 Å². The normalized spacial score (nSPS) is 11.4. The highest BCUT2D eigenvalue weighted by molar-refractivity contribution is 7.99. The lowest BCUT2D eigenvalue weighted by molar-refractivity contribution is 0.0674. The molecule has 2 aromatic rings. The van der Waals surface area contributed by atoms with Gasteiger partial charge >= 0.3 is 12.2 Å². The van der Waals surface area contributed by atoms with Crippen molar-refractivity contribution in [3.63, 3.8) is 0 Å². The maximum Gasteiger partial charge on any atom is 0.412 e. The summed E-state index contributed by atoms with van der Waals surface area (Å²) in [5, 5.41) is 5.46. The number of thiol groups is 1. The Kier molecular flexibility index (Phi) is 13.9. The summed E-state index contributed by atoms with van der Waals surface area (Å²) in [5.74, 6) is 2.39. The fourth-order valence-electron chi connectivity index (χ4n) is 3.31. The molecule has 0 heterocycles. The van der Waals surface area contributed by atoms with Crippen LogP contribution >= 0.6 is 24.4 Å². The van der Waals surface area contributed by atoms with Crippen molar-refractivity contribution in [2.24, 2.45) is 0 Å². The lowest BCUT2D eigenvalue weighted by atomic mass is 10.2. The first-order valence-corrected chi connectivity index (χ1v) is 14.2. The summed E-state index contributed by atoms with van der Waals surface area (Å²) in [4.78, 5) is 28.9. The van der Waals surface area contributed by atoms with Gasteiger partial charge in [-0.3, -0.25) is 10.6 Å². The van der Waals surface area contributed by atoms with Gasteiger partial charge in [0.15, 0.2) is 0 Å². The molecule has 8 nitrogen and oxygen atoms in total. The van der Waals surface area contributed by atoms with Gasteiger partial charge in [0.1, 0.15) is 12.7 Å². The van der Waals surface area contributed by atoms with E-state index in [0.717, 1.165) is 48.6 Å². The molecule has 1 atom stereocenters. The van der Waals surface area contributed by atoms with Crippen LogP contribution in [-0.4, -0.2) is 70.3 Å². The summed E-state index contributed by atoms with van der Waals surface area (Å²) in [6, 6.07) is 14.9. The van der Waals surface area contributed by atoms with Crippen LogP contribution < -0.4 is 20.4 Å². The SMILES string of the molecule is CN(C)c1ccc(NC(=O)OCC(CSCCCCCCS)OC(=O)Nc2ccc(N(C)C)cc2)cc1. The van der Waals surface area contributed by atoms with Gasteiger partial charge in [0.05, 0.1) is 0 Å². The molecule has 0 aliphatic carbocycles. The summed E-state index contributed by atoms with van der Waals surface area (Å²) >= 11 is 5.93. The van der Waals surface area contributed by atoms with Gasteiger partial charge in [0, 0.05) is 56.7 Å². The van der Waals surface area contributed by atoms with Gasteiger partial charge in [0.2, 0.25) is 0 Å². The van der Waals surface area contributed by atoms with Crippen molar-refractivity contribution >= 4 is 59.3 Å². The minimum atomic E-state index is -0.595. The molecule has 0 radical (unpaired) electrons. The van der Waals surface area contributed by atoms with Crippen molar-refractivity contribution < 1.29 is 19.1 Å². The van der Waals surface area contributed by atoms with Gasteiger partial charge in [-0.15, -0.1) is 0 Å². The van der Waals surface area contributed by atoms with Crippen LogP contribution in [0, 0.1) is 0 Å². The van der Waals surface area contributed by atoms with Crippen molar-refractivity contribution in [2.45, 2.75) is 31.8 Å². The highest BCUT2D eigenvalue weighted by Crippen LogP contribution is 2.18. The van der Waals surface area contributed by atoms with E-state index in [-0.39, 0.29) is 6.61 Å². The summed E-state index contributed by atoms with van der Waals surface area (Å²) < 4.78 is 11.0. The predicted molar refractivity (Wildman–Crippen MR) is 160 cm³/mol. The smallest absolute Gasteiger partial charge is 0.412 e. The molecule has 0 saturated heterocycles. The predicted octanol–water partition coefficient (Wildman–Crippen LogP) is 6.21. The maximum absolute atomic E-state index is 12.6. The number of hydrogen-bond donors (Lipinski definition) is 3. The summed E-state index contributed by atoms with van der Waals surface area (Å²) in [7, 11) is 7.81. The molecule has 0 bridgehead atoms. The minimum absolute atomic E-state index is 0.0404. The number of carbonyl (C=O) groups is 2. The van der Waals surface area contributed by atoms with Gasteiger partial charge in [-0.05, 0) is 72.9 Å². The first-order chi connectivity index (χ1) is 17.8. The Balaban J connectivity index is 1.87. The van der Waals surface area contributed by atoms with E-state index in [1.165, 1.54) is 0 Å². The fraction of sp³-hybridized carbons (Fsp3) is 0.481. The third-order valence-electron chi connectivity index (χ3n) is 5.43. The number of ether oxygens (including phenoxy) is 2. The molecular formula is C27H40N4O4S2. The van der Waals surface area contributed by atoms with Crippen LogP contribution in [0.5, 0.6) is 0 Å². The molecule has 2 aromatic carbocycles. The lowest BCUT2D eigenvalue weighted by Gasteiger charge is -2.19.